The lowest BCUT2D eigenvalue weighted by Crippen LogP contribution is -2.53. The quantitative estimate of drug-likeness (QED) is 0.584. The molecule has 0 bridgehead atoms. The Balaban J connectivity index is 4.46. The molecule has 0 aromatic rings. The van der Waals surface area contributed by atoms with Crippen molar-refractivity contribution in [2.75, 3.05) is 14.2 Å². The SMILES string of the molecule is CCCC(NC(CCC)[SiH](OC)OC)C(C)O. The first-order valence-corrected chi connectivity index (χ1v) is 8.21. The van der Waals surface area contributed by atoms with E-state index in [0.717, 1.165) is 25.7 Å². The Morgan fingerprint density at radius 3 is 2.00 bits per heavy atom. The molecule has 3 unspecified atom stereocenters. The topological polar surface area (TPSA) is 50.7 Å². The van der Waals surface area contributed by atoms with Crippen LogP contribution in [0.4, 0.5) is 0 Å². The summed E-state index contributed by atoms with van der Waals surface area (Å²) in [4.78, 5) is 0. The molecule has 0 saturated heterocycles. The summed E-state index contributed by atoms with van der Waals surface area (Å²) in [6.45, 7) is 6.13. The van der Waals surface area contributed by atoms with E-state index in [0.29, 0.717) is 0 Å². The highest BCUT2D eigenvalue weighted by Crippen LogP contribution is 2.09. The molecule has 0 aromatic heterocycles. The zero-order chi connectivity index (χ0) is 13.3. The minimum Gasteiger partial charge on any atom is -0.399 e. The molecule has 0 fully saturated rings. The van der Waals surface area contributed by atoms with Crippen molar-refractivity contribution in [2.45, 2.75) is 64.3 Å². The van der Waals surface area contributed by atoms with Gasteiger partial charge >= 0.3 is 9.28 Å². The van der Waals surface area contributed by atoms with Crippen molar-refractivity contribution < 1.29 is 14.0 Å². The number of aliphatic hydroxyl groups is 1. The molecule has 5 heteroatoms. The molecule has 17 heavy (non-hydrogen) atoms. The smallest absolute Gasteiger partial charge is 0.338 e. The molecule has 0 amide bonds. The van der Waals surface area contributed by atoms with Gasteiger partial charge in [0.15, 0.2) is 0 Å². The predicted octanol–water partition coefficient (Wildman–Crippen LogP) is 1.35. The predicted molar refractivity (Wildman–Crippen MR) is 73.4 cm³/mol. The third-order valence-electron chi connectivity index (χ3n) is 3.00. The van der Waals surface area contributed by atoms with Crippen molar-refractivity contribution in [3.05, 3.63) is 0 Å². The zero-order valence-corrected chi connectivity index (χ0v) is 13.1. The number of hydrogen-bond donors (Lipinski definition) is 2. The largest absolute Gasteiger partial charge is 0.399 e. The summed E-state index contributed by atoms with van der Waals surface area (Å²) >= 11 is 0. The van der Waals surface area contributed by atoms with E-state index >= 15 is 0 Å². The van der Waals surface area contributed by atoms with Crippen molar-refractivity contribution in [3.63, 3.8) is 0 Å². The molecule has 2 N–H and O–H groups in total. The Hall–Kier alpha value is 0.0569. The van der Waals surface area contributed by atoms with Gasteiger partial charge in [-0.05, 0) is 19.8 Å². The van der Waals surface area contributed by atoms with Crippen LogP contribution >= 0.6 is 0 Å². The summed E-state index contributed by atoms with van der Waals surface area (Å²) in [6.07, 6.45) is 3.83. The normalized spacial score (nSPS) is 17.1. The third-order valence-corrected chi connectivity index (χ3v) is 5.12. The van der Waals surface area contributed by atoms with Crippen LogP contribution in [0.25, 0.3) is 0 Å². The monoisotopic (exact) mass is 263 g/mol. The lowest BCUT2D eigenvalue weighted by atomic mass is 10.1. The van der Waals surface area contributed by atoms with Crippen LogP contribution in [0.1, 0.15) is 46.5 Å². The van der Waals surface area contributed by atoms with E-state index in [-0.39, 0.29) is 17.8 Å². The van der Waals surface area contributed by atoms with Crippen LogP contribution < -0.4 is 5.32 Å². The molecule has 3 atom stereocenters. The summed E-state index contributed by atoms with van der Waals surface area (Å²) in [6, 6.07) is 0.136. The van der Waals surface area contributed by atoms with E-state index < -0.39 is 9.28 Å². The highest BCUT2D eigenvalue weighted by atomic mass is 28.3. The number of hydrogen-bond acceptors (Lipinski definition) is 4. The fourth-order valence-corrected chi connectivity index (χ4v) is 3.94. The Bertz CT molecular complexity index is 177. The molecule has 0 aromatic carbocycles. The Morgan fingerprint density at radius 2 is 1.65 bits per heavy atom. The zero-order valence-electron chi connectivity index (χ0n) is 11.9. The second kappa shape index (κ2) is 10.0. The van der Waals surface area contributed by atoms with E-state index in [4.69, 9.17) is 8.85 Å². The van der Waals surface area contributed by atoms with Gasteiger partial charge in [0.05, 0.1) is 6.10 Å². The van der Waals surface area contributed by atoms with Gasteiger partial charge in [-0.2, -0.15) is 0 Å². The maximum Gasteiger partial charge on any atom is 0.338 e. The van der Waals surface area contributed by atoms with Crippen LogP contribution in [-0.2, 0) is 8.85 Å². The van der Waals surface area contributed by atoms with Gasteiger partial charge in [-0.1, -0.05) is 26.7 Å². The van der Waals surface area contributed by atoms with E-state index in [1.807, 2.05) is 6.92 Å². The van der Waals surface area contributed by atoms with E-state index in [1.54, 1.807) is 14.2 Å². The Labute approximate surface area is 108 Å². The molecule has 0 aliphatic heterocycles. The van der Waals surface area contributed by atoms with Crippen molar-refractivity contribution in [2.24, 2.45) is 0 Å². The maximum atomic E-state index is 9.76. The summed E-state index contributed by atoms with van der Waals surface area (Å²) in [5, 5.41) is 13.3. The van der Waals surface area contributed by atoms with Crippen LogP contribution in [0.3, 0.4) is 0 Å². The summed E-state index contributed by atoms with van der Waals surface area (Å²) in [5.41, 5.74) is 0.265. The highest BCUT2D eigenvalue weighted by molar-refractivity contribution is 6.46. The molecule has 0 saturated carbocycles. The van der Waals surface area contributed by atoms with E-state index in [1.165, 1.54) is 0 Å². The van der Waals surface area contributed by atoms with E-state index in [2.05, 4.69) is 19.2 Å². The van der Waals surface area contributed by atoms with Gasteiger partial charge in [-0.25, -0.2) is 0 Å². The van der Waals surface area contributed by atoms with Gasteiger partial charge in [0.2, 0.25) is 0 Å². The third kappa shape index (κ3) is 6.52. The first kappa shape index (κ1) is 17.1. The Kier molecular flexibility index (Phi) is 10.1. The summed E-state index contributed by atoms with van der Waals surface area (Å²) < 4.78 is 10.9. The second-order valence-corrected chi connectivity index (χ2v) is 7.02. The fourth-order valence-electron chi connectivity index (χ4n) is 2.08. The molecular formula is C12H29NO3Si. The minimum absolute atomic E-state index is 0.136. The molecule has 0 aliphatic carbocycles. The highest BCUT2D eigenvalue weighted by Gasteiger charge is 2.27. The van der Waals surface area contributed by atoms with Gasteiger partial charge in [0.25, 0.3) is 0 Å². The van der Waals surface area contributed by atoms with Gasteiger partial charge in [-0.15, -0.1) is 0 Å². The van der Waals surface area contributed by atoms with Crippen LogP contribution in [0.2, 0.25) is 0 Å². The summed E-state index contributed by atoms with van der Waals surface area (Å²) in [7, 11) is 1.75. The van der Waals surface area contributed by atoms with Gasteiger partial charge in [0, 0.05) is 25.9 Å². The van der Waals surface area contributed by atoms with Crippen molar-refractivity contribution in [1.82, 2.24) is 5.32 Å². The molecular weight excluding hydrogens is 234 g/mol. The Morgan fingerprint density at radius 1 is 1.12 bits per heavy atom. The lowest BCUT2D eigenvalue weighted by molar-refractivity contribution is 0.131. The first-order valence-electron chi connectivity index (χ1n) is 6.60. The fraction of sp³-hybridized carbons (Fsp3) is 1.00. The van der Waals surface area contributed by atoms with Crippen LogP contribution in [0, 0.1) is 0 Å². The van der Waals surface area contributed by atoms with Crippen molar-refractivity contribution in [1.29, 1.82) is 0 Å². The van der Waals surface area contributed by atoms with Gasteiger partial charge in [-0.3, -0.25) is 0 Å². The molecule has 0 rings (SSSR count). The first-order chi connectivity index (χ1) is 8.10. The van der Waals surface area contributed by atoms with E-state index in [9.17, 15) is 5.11 Å². The van der Waals surface area contributed by atoms with Crippen molar-refractivity contribution >= 4 is 9.28 Å². The van der Waals surface area contributed by atoms with Crippen LogP contribution in [-0.4, -0.2) is 46.4 Å². The van der Waals surface area contributed by atoms with Crippen LogP contribution in [0.15, 0.2) is 0 Å². The lowest BCUT2D eigenvalue weighted by Gasteiger charge is -2.30. The molecule has 104 valence electrons. The molecule has 0 spiro atoms. The average Bonchev–Trinajstić information content (AvgIpc) is 2.29. The minimum atomic E-state index is -1.67. The molecule has 4 nitrogen and oxygen atoms in total. The molecule has 0 radical (unpaired) electrons. The van der Waals surface area contributed by atoms with Crippen LogP contribution in [0.5, 0.6) is 0 Å². The summed E-state index contributed by atoms with van der Waals surface area (Å²) in [5.74, 6) is 0. The maximum absolute atomic E-state index is 9.76. The molecule has 0 heterocycles. The number of aliphatic hydroxyl groups excluding tert-OH is 1. The standard InChI is InChI=1S/C12H29NO3Si/c1-6-8-11(10(3)14)13-12(9-7-2)17(15-4)16-5/h10-14,17H,6-9H2,1-5H3. The van der Waals surface area contributed by atoms with Gasteiger partial charge in [0.1, 0.15) is 0 Å². The second-order valence-electron chi connectivity index (χ2n) is 4.54. The number of rotatable bonds is 10. The molecule has 0 aliphatic rings. The average molecular weight is 263 g/mol. The van der Waals surface area contributed by atoms with Gasteiger partial charge < -0.3 is 19.3 Å². The number of nitrogens with one attached hydrogen (secondary N) is 1. The van der Waals surface area contributed by atoms with Crippen molar-refractivity contribution in [3.8, 4) is 0 Å².